The number of hydrogen-bond acceptors (Lipinski definition) is 1. The van der Waals surface area contributed by atoms with E-state index in [9.17, 15) is 0 Å². The number of fused-ring (bicyclic) bond motifs is 6. The van der Waals surface area contributed by atoms with Gasteiger partial charge in [-0.25, -0.2) is 4.57 Å². The minimum Gasteiger partial charge on any atom is -0.207 e. The number of rotatable bonds is 6. The molecule has 1 aliphatic heterocycles. The molecule has 4 atom stereocenters. The van der Waals surface area contributed by atoms with Crippen molar-refractivity contribution in [2.24, 2.45) is 16.7 Å². The van der Waals surface area contributed by atoms with Crippen molar-refractivity contribution in [3.05, 3.63) is 65.9 Å². The van der Waals surface area contributed by atoms with Gasteiger partial charge in [0, 0.05) is 10.8 Å². The summed E-state index contributed by atoms with van der Waals surface area (Å²) in [5, 5.41) is 5.62. The van der Waals surface area contributed by atoms with Crippen LogP contribution in [0.25, 0.3) is 27.3 Å². The summed E-state index contributed by atoms with van der Waals surface area (Å²) >= 11 is 1.90. The molecule has 36 heavy (non-hydrogen) atoms. The molecule has 0 radical (unpaired) electrons. The molecule has 0 N–H and O–H groups in total. The fraction of sp³-hybridized carbons (Fsp3) is 0.485. The summed E-state index contributed by atoms with van der Waals surface area (Å²) in [5.74, 6) is 0.651. The summed E-state index contributed by atoms with van der Waals surface area (Å²) in [6.07, 6.45) is 12.2. The molecule has 1 saturated carbocycles. The SMILES string of the molecule is CCCC1(C)C(C2=CC3(CC)[n+]4c(SC)cn5c6ccccc6c6cccc(c6c54)C23CC)C1(C)C. The quantitative estimate of drug-likeness (QED) is 0.113. The lowest BCUT2D eigenvalue weighted by atomic mass is 9.47. The molecule has 1 fully saturated rings. The van der Waals surface area contributed by atoms with E-state index in [4.69, 9.17) is 0 Å². The molecule has 2 aromatic carbocycles. The normalized spacial score (nSPS) is 31.6. The highest BCUT2D eigenvalue weighted by atomic mass is 32.2. The van der Waals surface area contributed by atoms with Gasteiger partial charge < -0.3 is 0 Å². The van der Waals surface area contributed by atoms with Gasteiger partial charge in [0.05, 0.1) is 10.8 Å². The number of benzene rings is 2. The topological polar surface area (TPSA) is 8.29 Å². The van der Waals surface area contributed by atoms with E-state index >= 15 is 0 Å². The zero-order valence-corrected chi connectivity index (χ0v) is 23.7. The third kappa shape index (κ3) is 2.16. The molecule has 0 spiro atoms. The molecule has 0 saturated heterocycles. The Morgan fingerprint density at radius 3 is 2.39 bits per heavy atom. The molecule has 2 aliphatic carbocycles. The van der Waals surface area contributed by atoms with E-state index in [2.05, 4.69) is 112 Å². The van der Waals surface area contributed by atoms with Crippen molar-refractivity contribution in [2.45, 2.75) is 83.2 Å². The maximum absolute atomic E-state index is 2.76. The van der Waals surface area contributed by atoms with Crippen molar-refractivity contribution in [3.8, 4) is 0 Å². The van der Waals surface area contributed by atoms with E-state index in [1.54, 1.807) is 11.1 Å². The molecule has 4 aromatic rings. The zero-order valence-electron chi connectivity index (χ0n) is 22.9. The Hall–Kier alpha value is -2.26. The maximum Gasteiger partial charge on any atom is 0.296 e. The first-order valence-corrected chi connectivity index (χ1v) is 15.2. The standard InChI is InChI=1S/C33H39N2S/c1-8-18-31(6)28(30(31,4)5)24-19-32(9-2)33(24,10-3)23-16-13-15-22-21-14-11-12-17-25(21)34-20-26(36-7)35(32)29(34)27(22)23/h11-17,19-20,28H,8-10,18H2,1-7H3/q+1. The monoisotopic (exact) mass is 495 g/mol. The van der Waals surface area contributed by atoms with Gasteiger partial charge >= 0.3 is 0 Å². The second kappa shape index (κ2) is 6.98. The minimum atomic E-state index is -0.0142. The Balaban J connectivity index is 1.65. The summed E-state index contributed by atoms with van der Waals surface area (Å²) in [6, 6.07) is 16.2. The second-order valence-corrected chi connectivity index (χ2v) is 13.2. The van der Waals surface area contributed by atoms with E-state index in [-0.39, 0.29) is 11.0 Å². The number of allylic oxidation sites excluding steroid dienone is 2. The molecule has 186 valence electrons. The van der Waals surface area contributed by atoms with Gasteiger partial charge in [-0.05, 0) is 60.0 Å². The third-order valence-electron chi connectivity index (χ3n) is 11.2. The number of thioether (sulfide) groups is 1. The number of para-hydroxylation sites is 1. The molecule has 3 heterocycles. The van der Waals surface area contributed by atoms with Crippen molar-refractivity contribution in [1.82, 2.24) is 4.40 Å². The number of hydrogen-bond donors (Lipinski definition) is 0. The van der Waals surface area contributed by atoms with Gasteiger partial charge in [-0.3, -0.25) is 0 Å². The molecule has 7 rings (SSSR count). The number of imidazole rings is 1. The molecule has 2 nitrogen and oxygen atoms in total. The van der Waals surface area contributed by atoms with Gasteiger partial charge in [0.25, 0.3) is 5.65 Å². The van der Waals surface area contributed by atoms with Crippen LogP contribution in [-0.2, 0) is 11.0 Å². The Kier molecular flexibility index (Phi) is 4.44. The van der Waals surface area contributed by atoms with E-state index < -0.39 is 0 Å². The second-order valence-electron chi connectivity index (χ2n) is 12.4. The van der Waals surface area contributed by atoms with Crippen LogP contribution in [0.3, 0.4) is 0 Å². The van der Waals surface area contributed by atoms with Crippen molar-refractivity contribution < 1.29 is 4.57 Å². The molecule has 0 amide bonds. The predicted molar refractivity (Wildman–Crippen MR) is 153 cm³/mol. The van der Waals surface area contributed by atoms with Crippen molar-refractivity contribution >= 4 is 39.1 Å². The Morgan fingerprint density at radius 2 is 1.69 bits per heavy atom. The summed E-state index contributed by atoms with van der Waals surface area (Å²) in [6.45, 7) is 14.9. The van der Waals surface area contributed by atoms with Crippen LogP contribution in [0, 0.1) is 16.7 Å². The molecule has 3 heteroatoms. The zero-order chi connectivity index (χ0) is 25.3. The average molecular weight is 496 g/mol. The van der Waals surface area contributed by atoms with Crippen LogP contribution in [0.2, 0.25) is 0 Å². The van der Waals surface area contributed by atoms with Crippen LogP contribution in [0.4, 0.5) is 0 Å². The van der Waals surface area contributed by atoms with Crippen LogP contribution in [0.15, 0.2) is 65.3 Å². The maximum atomic E-state index is 2.76. The van der Waals surface area contributed by atoms with Gasteiger partial charge in [0.1, 0.15) is 11.1 Å². The third-order valence-corrected chi connectivity index (χ3v) is 11.9. The highest BCUT2D eigenvalue weighted by Gasteiger charge is 2.77. The van der Waals surface area contributed by atoms with Crippen LogP contribution < -0.4 is 4.57 Å². The van der Waals surface area contributed by atoms with Crippen LogP contribution in [0.1, 0.15) is 72.8 Å². The Bertz CT molecular complexity index is 1620. The van der Waals surface area contributed by atoms with E-state index in [0.29, 0.717) is 16.7 Å². The van der Waals surface area contributed by atoms with Gasteiger partial charge in [-0.1, -0.05) is 102 Å². The number of pyridine rings is 1. The van der Waals surface area contributed by atoms with Crippen LogP contribution >= 0.6 is 11.8 Å². The van der Waals surface area contributed by atoms with E-state index in [1.807, 2.05) is 11.8 Å². The first-order valence-electron chi connectivity index (χ1n) is 14.0. The first kappa shape index (κ1) is 22.9. The Morgan fingerprint density at radius 1 is 0.944 bits per heavy atom. The number of nitrogens with zero attached hydrogens (tertiary/aromatic N) is 2. The molecule has 0 bridgehead atoms. The summed E-state index contributed by atoms with van der Waals surface area (Å²) in [4.78, 5) is 0. The summed E-state index contributed by atoms with van der Waals surface area (Å²) in [5.41, 5.74) is 6.76. The molecule has 2 aromatic heterocycles. The molecule has 4 unspecified atom stereocenters. The van der Waals surface area contributed by atoms with Gasteiger partial charge in [-0.15, -0.1) is 0 Å². The predicted octanol–water partition coefficient (Wildman–Crippen LogP) is 8.42. The first-order chi connectivity index (χ1) is 17.3. The fourth-order valence-electron chi connectivity index (χ4n) is 9.37. The largest absolute Gasteiger partial charge is 0.296 e. The van der Waals surface area contributed by atoms with Gasteiger partial charge in [-0.2, -0.15) is 4.40 Å². The summed E-state index contributed by atoms with van der Waals surface area (Å²) in [7, 11) is 0. The lowest BCUT2D eigenvalue weighted by Crippen LogP contribution is -2.74. The van der Waals surface area contributed by atoms with E-state index in [0.717, 1.165) is 12.8 Å². The lowest BCUT2D eigenvalue weighted by molar-refractivity contribution is -0.776. The van der Waals surface area contributed by atoms with Crippen molar-refractivity contribution in [2.75, 3.05) is 6.26 Å². The van der Waals surface area contributed by atoms with Crippen LogP contribution in [-0.4, -0.2) is 10.7 Å². The van der Waals surface area contributed by atoms with Gasteiger partial charge in [0.2, 0.25) is 5.03 Å². The van der Waals surface area contributed by atoms with E-state index in [1.165, 1.54) is 45.2 Å². The fourth-order valence-corrected chi connectivity index (χ4v) is 10.0. The van der Waals surface area contributed by atoms with Crippen LogP contribution in [0.5, 0.6) is 0 Å². The van der Waals surface area contributed by atoms with Crippen molar-refractivity contribution in [1.29, 1.82) is 0 Å². The highest BCUT2D eigenvalue weighted by Crippen LogP contribution is 2.79. The molecular formula is C33H39N2S+. The van der Waals surface area contributed by atoms with Gasteiger partial charge in [0.15, 0.2) is 6.20 Å². The molecule has 3 aliphatic rings. The smallest absolute Gasteiger partial charge is 0.207 e. The van der Waals surface area contributed by atoms with Crippen molar-refractivity contribution in [3.63, 3.8) is 0 Å². The Labute approximate surface area is 219 Å². The number of aromatic nitrogens is 2. The molecular weight excluding hydrogens is 456 g/mol. The average Bonchev–Trinajstić information content (AvgIpc) is 3.14. The minimum absolute atomic E-state index is 0.0142. The summed E-state index contributed by atoms with van der Waals surface area (Å²) < 4.78 is 5.26. The highest BCUT2D eigenvalue weighted by molar-refractivity contribution is 7.98. The lowest BCUT2D eigenvalue weighted by Gasteiger charge is -2.58.